The molecule has 2 rings (SSSR count). The Hall–Kier alpha value is -1.93. The second-order valence-electron chi connectivity index (χ2n) is 5.14. The molecule has 0 spiro atoms. The van der Waals surface area contributed by atoms with Crippen molar-refractivity contribution in [1.29, 1.82) is 0 Å². The maximum Gasteiger partial charge on any atom is 0.268 e. The first kappa shape index (κ1) is 17.4. The molecule has 0 fully saturated rings. The largest absolute Gasteiger partial charge is 0.274 e. The van der Waals surface area contributed by atoms with Gasteiger partial charge in [0, 0.05) is 5.56 Å². The molecule has 126 valence electrons. The number of unbranched alkanes of at least 4 members (excludes halogenated alkanes) is 1. The molecule has 8 heteroatoms. The summed E-state index contributed by atoms with van der Waals surface area (Å²) in [6.07, 6.45) is 2.23. The van der Waals surface area contributed by atoms with Crippen LogP contribution in [0.25, 0.3) is 0 Å². The summed E-state index contributed by atoms with van der Waals surface area (Å²) >= 11 is 0. The first-order chi connectivity index (χ1) is 11.0. The number of benzene rings is 1. The summed E-state index contributed by atoms with van der Waals surface area (Å²) in [7, 11) is -3.61. The van der Waals surface area contributed by atoms with Gasteiger partial charge in [0.2, 0.25) is 0 Å². The molecule has 1 aromatic carbocycles. The van der Waals surface area contributed by atoms with Gasteiger partial charge in [0.1, 0.15) is 11.9 Å². The van der Waals surface area contributed by atoms with E-state index in [0.29, 0.717) is 18.6 Å². The summed E-state index contributed by atoms with van der Waals surface area (Å²) < 4.78 is 26.6. The minimum absolute atomic E-state index is 0.179. The molecule has 7 nitrogen and oxygen atoms in total. The number of rotatable bonds is 7. The van der Waals surface area contributed by atoms with Gasteiger partial charge in [-0.25, -0.2) is 13.9 Å². The first-order valence-electron chi connectivity index (χ1n) is 7.61. The Morgan fingerprint density at radius 2 is 2.09 bits per heavy atom. The van der Waals surface area contributed by atoms with Crippen LogP contribution in [0.2, 0.25) is 0 Å². The summed E-state index contributed by atoms with van der Waals surface area (Å²) in [5.74, 6) is -0.176. The lowest BCUT2D eigenvalue weighted by Gasteiger charge is -2.13. The lowest BCUT2D eigenvalue weighted by Crippen LogP contribution is -2.35. The van der Waals surface area contributed by atoms with Crippen LogP contribution in [0.1, 0.15) is 38.7 Å². The van der Waals surface area contributed by atoms with E-state index in [1.165, 1.54) is 6.07 Å². The van der Waals surface area contributed by atoms with E-state index in [-0.39, 0.29) is 16.6 Å². The average Bonchev–Trinajstić information content (AvgIpc) is 2.80. The van der Waals surface area contributed by atoms with Gasteiger partial charge >= 0.3 is 0 Å². The zero-order valence-corrected chi connectivity index (χ0v) is 14.0. The highest BCUT2D eigenvalue weighted by Crippen LogP contribution is 2.23. The van der Waals surface area contributed by atoms with Crippen LogP contribution in [0.3, 0.4) is 0 Å². The predicted octanol–water partition coefficient (Wildman–Crippen LogP) is 1.35. The number of carbonyl (C=O) groups excluding carboxylic acids is 1. The Morgan fingerprint density at radius 3 is 2.78 bits per heavy atom. The second kappa shape index (κ2) is 7.56. The molecule has 0 saturated heterocycles. The molecule has 0 saturated carbocycles. The minimum Gasteiger partial charge on any atom is -0.274 e. The van der Waals surface area contributed by atoms with E-state index >= 15 is 0 Å². The van der Waals surface area contributed by atoms with Gasteiger partial charge in [0.25, 0.3) is 15.9 Å². The van der Waals surface area contributed by atoms with Crippen LogP contribution < -0.4 is 10.2 Å². The van der Waals surface area contributed by atoms with Gasteiger partial charge in [-0.2, -0.15) is 0 Å². The number of hydroxylamine groups is 1. The molecule has 0 bridgehead atoms. The number of aliphatic imine (C=N–C) groups is 1. The molecule has 0 aromatic heterocycles. The van der Waals surface area contributed by atoms with Crippen LogP contribution in [0.5, 0.6) is 0 Å². The van der Waals surface area contributed by atoms with Gasteiger partial charge in [-0.15, -0.1) is 0 Å². The van der Waals surface area contributed by atoms with E-state index in [4.69, 9.17) is 4.84 Å². The molecule has 23 heavy (non-hydrogen) atoms. The van der Waals surface area contributed by atoms with Crippen molar-refractivity contribution in [2.45, 2.75) is 44.0 Å². The van der Waals surface area contributed by atoms with Crippen molar-refractivity contribution in [2.75, 3.05) is 6.61 Å². The van der Waals surface area contributed by atoms with Crippen molar-refractivity contribution < 1.29 is 18.0 Å². The fraction of sp³-hybridized carbons (Fsp3) is 0.467. The van der Waals surface area contributed by atoms with Gasteiger partial charge in [0.15, 0.2) is 0 Å². The van der Waals surface area contributed by atoms with Gasteiger partial charge in [-0.05, 0) is 25.5 Å². The molecule has 1 aliphatic rings. The third kappa shape index (κ3) is 4.08. The first-order valence-corrected chi connectivity index (χ1v) is 9.09. The van der Waals surface area contributed by atoms with E-state index in [0.717, 1.165) is 12.8 Å². The third-order valence-corrected chi connectivity index (χ3v) is 4.80. The maximum absolute atomic E-state index is 12.1. The van der Waals surface area contributed by atoms with Gasteiger partial charge < -0.3 is 0 Å². The topological polar surface area (TPSA) is 96.9 Å². The maximum atomic E-state index is 12.1. The van der Waals surface area contributed by atoms with Crippen LogP contribution in [0.15, 0.2) is 34.2 Å². The van der Waals surface area contributed by atoms with Gasteiger partial charge in [0.05, 0.1) is 11.5 Å². The molecule has 1 atom stereocenters. The highest BCUT2D eigenvalue weighted by Gasteiger charge is 2.31. The molecular formula is C15H21N3O4S. The Bertz CT molecular complexity index is 700. The molecule has 1 aromatic rings. The summed E-state index contributed by atoms with van der Waals surface area (Å²) in [4.78, 5) is 21.6. The zero-order chi connectivity index (χ0) is 16.9. The Balaban J connectivity index is 2.30. The van der Waals surface area contributed by atoms with Gasteiger partial charge in [-0.3, -0.25) is 19.3 Å². The lowest BCUT2D eigenvalue weighted by atomic mass is 10.1. The molecule has 1 heterocycles. The van der Waals surface area contributed by atoms with Crippen LogP contribution in [-0.2, 0) is 19.7 Å². The van der Waals surface area contributed by atoms with E-state index < -0.39 is 16.1 Å². The van der Waals surface area contributed by atoms with Crippen molar-refractivity contribution in [1.82, 2.24) is 10.2 Å². The SMILES string of the molecule is CCCCC(N=C1NS(=O)(=O)c2ccccc21)C(=O)NOCC. The number of nitrogens with zero attached hydrogens (tertiary/aromatic N) is 1. The molecule has 1 unspecified atom stereocenters. The number of hydrogen-bond acceptors (Lipinski definition) is 5. The highest BCUT2D eigenvalue weighted by molar-refractivity contribution is 7.90. The Morgan fingerprint density at radius 1 is 1.35 bits per heavy atom. The van der Waals surface area contributed by atoms with E-state index in [1.54, 1.807) is 25.1 Å². The second-order valence-corrected chi connectivity index (χ2v) is 6.79. The smallest absolute Gasteiger partial charge is 0.268 e. The van der Waals surface area contributed by atoms with Crippen LogP contribution in [0, 0.1) is 0 Å². The highest BCUT2D eigenvalue weighted by atomic mass is 32.2. The molecule has 0 aliphatic carbocycles. The fourth-order valence-electron chi connectivity index (χ4n) is 2.25. The number of fused-ring (bicyclic) bond motifs is 1. The number of sulfonamides is 1. The van der Waals surface area contributed by atoms with Crippen molar-refractivity contribution in [2.24, 2.45) is 4.99 Å². The molecule has 1 amide bonds. The number of amidine groups is 1. The van der Waals surface area contributed by atoms with Crippen molar-refractivity contribution in [3.05, 3.63) is 29.8 Å². The van der Waals surface area contributed by atoms with Crippen molar-refractivity contribution in [3.8, 4) is 0 Å². The molecular weight excluding hydrogens is 318 g/mol. The number of hydrogen-bond donors (Lipinski definition) is 2. The summed E-state index contributed by atoms with van der Waals surface area (Å²) in [6, 6.07) is 5.87. The monoisotopic (exact) mass is 339 g/mol. The molecule has 1 aliphatic heterocycles. The quantitative estimate of drug-likeness (QED) is 0.733. The summed E-state index contributed by atoms with van der Waals surface area (Å²) in [5, 5.41) is 0. The van der Waals surface area contributed by atoms with Crippen LogP contribution in [-0.4, -0.2) is 32.8 Å². The third-order valence-electron chi connectivity index (χ3n) is 3.40. The average molecular weight is 339 g/mol. The Labute approximate surface area is 136 Å². The number of amides is 1. The van der Waals surface area contributed by atoms with Gasteiger partial charge in [-0.1, -0.05) is 31.9 Å². The predicted molar refractivity (Wildman–Crippen MR) is 86.4 cm³/mol. The van der Waals surface area contributed by atoms with Crippen molar-refractivity contribution >= 4 is 21.8 Å². The van der Waals surface area contributed by atoms with Crippen LogP contribution >= 0.6 is 0 Å². The minimum atomic E-state index is -3.61. The number of carbonyl (C=O) groups is 1. The summed E-state index contributed by atoms with van der Waals surface area (Å²) in [6.45, 7) is 4.12. The van der Waals surface area contributed by atoms with Crippen molar-refractivity contribution in [3.63, 3.8) is 0 Å². The Kier molecular flexibility index (Phi) is 5.73. The molecule has 0 radical (unpaired) electrons. The lowest BCUT2D eigenvalue weighted by molar-refractivity contribution is -0.134. The van der Waals surface area contributed by atoms with Crippen LogP contribution in [0.4, 0.5) is 0 Å². The fourth-order valence-corrected chi connectivity index (χ4v) is 3.49. The van der Waals surface area contributed by atoms with E-state index in [2.05, 4.69) is 15.2 Å². The van der Waals surface area contributed by atoms with E-state index in [9.17, 15) is 13.2 Å². The molecule has 2 N–H and O–H groups in total. The normalized spacial score (nSPS) is 18.3. The summed E-state index contributed by atoms with van der Waals surface area (Å²) in [5.41, 5.74) is 2.82. The zero-order valence-electron chi connectivity index (χ0n) is 13.2. The standard InChI is InChI=1S/C15H21N3O4S/c1-3-5-9-12(15(19)17-22-4-2)16-14-11-8-6-7-10-13(11)23(20,21)18-14/h6-8,10,12H,3-5,9H2,1-2H3,(H,16,18)(H,17,19). The number of nitrogens with one attached hydrogen (secondary N) is 2. The van der Waals surface area contributed by atoms with E-state index in [1.807, 2.05) is 6.92 Å².